The van der Waals surface area contributed by atoms with Gasteiger partial charge in [-0.25, -0.2) is 12.7 Å². The van der Waals surface area contributed by atoms with Crippen LogP contribution in [0, 0.1) is 0 Å². The zero-order valence-electron chi connectivity index (χ0n) is 16.1. The molecule has 0 aromatic heterocycles. The Morgan fingerprint density at radius 2 is 1.81 bits per heavy atom. The Balaban J connectivity index is 0.00000261. The normalized spacial score (nSPS) is 23.5. The Labute approximate surface area is 168 Å². The lowest BCUT2D eigenvalue weighted by molar-refractivity contribution is -0.140. The van der Waals surface area contributed by atoms with Crippen LogP contribution in [0.5, 0.6) is 0 Å². The van der Waals surface area contributed by atoms with Gasteiger partial charge in [-0.1, -0.05) is 30.3 Å². The molecule has 0 saturated carbocycles. The smallest absolute Gasteiger partial charge is 0.233 e. The summed E-state index contributed by atoms with van der Waals surface area (Å²) in [6.07, 6.45) is 1.07. The molecule has 6 nitrogen and oxygen atoms in total. The van der Waals surface area contributed by atoms with Crippen LogP contribution in [0.4, 0.5) is 0 Å². The summed E-state index contributed by atoms with van der Waals surface area (Å²) < 4.78 is 26.0. The molecule has 1 atom stereocenters. The molecule has 0 radical (unpaired) electrons. The van der Waals surface area contributed by atoms with Crippen LogP contribution in [0.25, 0.3) is 0 Å². The summed E-state index contributed by atoms with van der Waals surface area (Å²) in [5, 5.41) is 3.38. The van der Waals surface area contributed by atoms with Crippen molar-refractivity contribution in [1.82, 2.24) is 14.5 Å². The van der Waals surface area contributed by atoms with E-state index in [0.717, 1.165) is 12.1 Å². The number of hydrogen-bond acceptors (Lipinski definition) is 4. The SMILES string of the molecule is CCS(=O)(=O)N1CCC(C(=O)N2CCNC(C)C2)(c2ccccc2)CC1.Cl. The number of benzene rings is 1. The first-order valence-corrected chi connectivity index (χ1v) is 11.1. The highest BCUT2D eigenvalue weighted by atomic mass is 35.5. The van der Waals surface area contributed by atoms with E-state index in [1.807, 2.05) is 35.2 Å². The van der Waals surface area contributed by atoms with Gasteiger partial charge in [0.2, 0.25) is 15.9 Å². The highest BCUT2D eigenvalue weighted by Crippen LogP contribution is 2.38. The Bertz CT molecular complexity index is 734. The third-order valence-corrected chi connectivity index (χ3v) is 7.61. The van der Waals surface area contributed by atoms with Gasteiger partial charge in [-0.3, -0.25) is 4.79 Å². The number of halogens is 1. The first-order chi connectivity index (χ1) is 12.4. The summed E-state index contributed by atoms with van der Waals surface area (Å²) in [5.41, 5.74) is 0.377. The van der Waals surface area contributed by atoms with Gasteiger partial charge in [0.05, 0.1) is 11.2 Å². The fourth-order valence-corrected chi connectivity index (χ4v) is 5.24. The Morgan fingerprint density at radius 1 is 1.19 bits per heavy atom. The van der Waals surface area contributed by atoms with Crippen molar-refractivity contribution in [1.29, 1.82) is 0 Å². The van der Waals surface area contributed by atoms with Crippen molar-refractivity contribution < 1.29 is 13.2 Å². The third-order valence-electron chi connectivity index (χ3n) is 5.73. The highest BCUT2D eigenvalue weighted by molar-refractivity contribution is 7.89. The predicted molar refractivity (Wildman–Crippen MR) is 110 cm³/mol. The molecule has 0 aliphatic carbocycles. The summed E-state index contributed by atoms with van der Waals surface area (Å²) in [7, 11) is -3.21. The van der Waals surface area contributed by atoms with Crippen LogP contribution in [0.15, 0.2) is 30.3 Å². The van der Waals surface area contributed by atoms with Gasteiger partial charge in [0.25, 0.3) is 0 Å². The molecule has 1 amide bonds. The summed E-state index contributed by atoms with van der Waals surface area (Å²) >= 11 is 0. The molecule has 2 aliphatic heterocycles. The topological polar surface area (TPSA) is 69.7 Å². The zero-order chi connectivity index (χ0) is 18.8. The molecule has 1 aromatic rings. The van der Waals surface area contributed by atoms with Gasteiger partial charge in [-0.15, -0.1) is 12.4 Å². The first-order valence-electron chi connectivity index (χ1n) is 9.45. The second kappa shape index (κ2) is 8.90. The van der Waals surface area contributed by atoms with Crippen LogP contribution in [-0.4, -0.2) is 68.0 Å². The van der Waals surface area contributed by atoms with E-state index in [0.29, 0.717) is 39.0 Å². The van der Waals surface area contributed by atoms with Gasteiger partial charge in [-0.05, 0) is 32.3 Å². The lowest BCUT2D eigenvalue weighted by Gasteiger charge is -2.44. The monoisotopic (exact) mass is 415 g/mol. The molecule has 0 spiro atoms. The van der Waals surface area contributed by atoms with E-state index >= 15 is 0 Å². The van der Waals surface area contributed by atoms with Crippen molar-refractivity contribution in [2.24, 2.45) is 0 Å². The van der Waals surface area contributed by atoms with E-state index in [4.69, 9.17) is 0 Å². The number of sulfonamides is 1. The molecule has 2 aliphatic rings. The van der Waals surface area contributed by atoms with Gasteiger partial charge in [0, 0.05) is 38.8 Å². The molecule has 3 rings (SSSR count). The summed E-state index contributed by atoms with van der Waals surface area (Å²) in [6, 6.07) is 10.2. The molecule has 1 N–H and O–H groups in total. The lowest BCUT2D eigenvalue weighted by Crippen LogP contribution is -2.59. The number of nitrogens with zero attached hydrogens (tertiary/aromatic N) is 2. The molecule has 27 heavy (non-hydrogen) atoms. The van der Waals surface area contributed by atoms with Gasteiger partial charge in [-0.2, -0.15) is 0 Å². The van der Waals surface area contributed by atoms with Crippen LogP contribution in [-0.2, 0) is 20.2 Å². The second-order valence-electron chi connectivity index (χ2n) is 7.35. The van der Waals surface area contributed by atoms with Crippen LogP contribution in [0.2, 0.25) is 0 Å². The minimum absolute atomic E-state index is 0. The number of carbonyl (C=O) groups is 1. The maximum absolute atomic E-state index is 13.6. The number of carbonyl (C=O) groups excluding carboxylic acids is 1. The standard InChI is InChI=1S/C19H29N3O3S.ClH/c1-3-26(24,25)22-12-9-19(10-13-22,17-7-5-4-6-8-17)18(23)21-14-11-20-16(2)15-21;/h4-8,16,20H,3,9-15H2,1-2H3;1H. The summed E-state index contributed by atoms with van der Waals surface area (Å²) in [5.74, 6) is 0.250. The quantitative estimate of drug-likeness (QED) is 0.811. The van der Waals surface area contributed by atoms with Crippen LogP contribution in [0.1, 0.15) is 32.3 Å². The molecule has 2 heterocycles. The second-order valence-corrected chi connectivity index (χ2v) is 9.61. The van der Waals surface area contributed by atoms with Crippen molar-refractivity contribution >= 4 is 28.3 Å². The van der Waals surface area contributed by atoms with Crippen molar-refractivity contribution in [3.63, 3.8) is 0 Å². The maximum Gasteiger partial charge on any atom is 0.233 e. The lowest BCUT2D eigenvalue weighted by atomic mass is 9.72. The predicted octanol–water partition coefficient (Wildman–Crippen LogP) is 1.61. The molecular weight excluding hydrogens is 386 g/mol. The van der Waals surface area contributed by atoms with E-state index < -0.39 is 15.4 Å². The number of hydrogen-bond donors (Lipinski definition) is 1. The molecule has 2 saturated heterocycles. The third kappa shape index (κ3) is 4.47. The molecule has 152 valence electrons. The number of rotatable bonds is 4. The summed E-state index contributed by atoms with van der Waals surface area (Å²) in [6.45, 7) is 6.76. The molecule has 2 fully saturated rings. The van der Waals surface area contributed by atoms with E-state index in [-0.39, 0.29) is 30.1 Å². The fourth-order valence-electron chi connectivity index (χ4n) is 4.13. The molecule has 1 unspecified atom stereocenters. The Hall–Kier alpha value is -1.15. The molecule has 0 bridgehead atoms. The zero-order valence-corrected chi connectivity index (χ0v) is 17.7. The van der Waals surface area contributed by atoms with Crippen LogP contribution >= 0.6 is 12.4 Å². The minimum Gasteiger partial charge on any atom is -0.339 e. The number of amides is 1. The van der Waals surface area contributed by atoms with E-state index in [2.05, 4.69) is 12.2 Å². The average Bonchev–Trinajstić information content (AvgIpc) is 2.68. The maximum atomic E-state index is 13.6. The Kier molecular flexibility index (Phi) is 7.30. The van der Waals surface area contributed by atoms with Crippen molar-refractivity contribution in [2.45, 2.75) is 38.1 Å². The molecule has 1 aromatic carbocycles. The Morgan fingerprint density at radius 3 is 2.37 bits per heavy atom. The van der Waals surface area contributed by atoms with Crippen molar-refractivity contribution in [3.05, 3.63) is 35.9 Å². The fraction of sp³-hybridized carbons (Fsp3) is 0.632. The van der Waals surface area contributed by atoms with Crippen LogP contribution in [0.3, 0.4) is 0 Å². The van der Waals surface area contributed by atoms with E-state index in [1.54, 1.807) is 11.2 Å². The summed E-state index contributed by atoms with van der Waals surface area (Å²) in [4.78, 5) is 15.5. The van der Waals surface area contributed by atoms with E-state index in [1.165, 1.54) is 0 Å². The van der Waals surface area contributed by atoms with Gasteiger partial charge >= 0.3 is 0 Å². The first kappa shape index (κ1) is 22.1. The molecule has 8 heteroatoms. The van der Waals surface area contributed by atoms with Gasteiger partial charge in [0.1, 0.15) is 0 Å². The average molecular weight is 416 g/mol. The largest absolute Gasteiger partial charge is 0.339 e. The number of nitrogens with one attached hydrogen (secondary N) is 1. The van der Waals surface area contributed by atoms with Crippen LogP contribution < -0.4 is 5.32 Å². The van der Waals surface area contributed by atoms with Crippen molar-refractivity contribution in [3.8, 4) is 0 Å². The minimum atomic E-state index is -3.21. The molecular formula is C19H30ClN3O3S. The highest BCUT2D eigenvalue weighted by Gasteiger charge is 2.46. The van der Waals surface area contributed by atoms with Gasteiger partial charge in [0.15, 0.2) is 0 Å². The number of piperazine rings is 1. The van der Waals surface area contributed by atoms with Crippen molar-refractivity contribution in [2.75, 3.05) is 38.5 Å². The number of piperidine rings is 1. The van der Waals surface area contributed by atoms with E-state index in [9.17, 15) is 13.2 Å². The van der Waals surface area contributed by atoms with Gasteiger partial charge < -0.3 is 10.2 Å².